The standard InChI is InChI=1S/2C4H4S.C3H6O3/c2*1-2-4-5-3-1;1-2(4)3(5)6/h2*1-4H;2,4H,1H3,(H,5,6). The van der Waals surface area contributed by atoms with Gasteiger partial charge in [-0.3, -0.25) is 0 Å². The van der Waals surface area contributed by atoms with E-state index in [9.17, 15) is 4.79 Å². The fourth-order valence-corrected chi connectivity index (χ4v) is 1.36. The van der Waals surface area contributed by atoms with E-state index >= 15 is 0 Å². The number of carboxylic acids is 1. The average Bonchev–Trinajstić information content (AvgIpc) is 2.97. The molecule has 1 unspecified atom stereocenters. The van der Waals surface area contributed by atoms with Crippen molar-refractivity contribution in [2.24, 2.45) is 0 Å². The van der Waals surface area contributed by atoms with Gasteiger partial charge in [-0.05, 0) is 28.4 Å². The van der Waals surface area contributed by atoms with Crippen molar-refractivity contribution in [1.82, 2.24) is 0 Å². The van der Waals surface area contributed by atoms with Gasteiger partial charge in [0.05, 0.1) is 0 Å². The van der Waals surface area contributed by atoms with Crippen LogP contribution in [0.5, 0.6) is 0 Å². The second kappa shape index (κ2) is 10.4. The second-order valence-electron chi connectivity index (χ2n) is 2.60. The fraction of sp³-hybridized carbons (Fsp3) is 0.182. The molecule has 0 aliphatic rings. The average molecular weight is 258 g/mol. The quantitative estimate of drug-likeness (QED) is 0.827. The molecular formula is C11H14O3S2. The maximum Gasteiger partial charge on any atom is 0.332 e. The van der Waals surface area contributed by atoms with Crippen LogP contribution in [-0.4, -0.2) is 22.3 Å². The molecule has 0 amide bonds. The minimum absolute atomic E-state index is 1.19. The molecule has 3 nitrogen and oxygen atoms in total. The van der Waals surface area contributed by atoms with Gasteiger partial charge in [-0.2, -0.15) is 22.7 Å². The Morgan fingerprint density at radius 2 is 1.25 bits per heavy atom. The summed E-state index contributed by atoms with van der Waals surface area (Å²) in [7, 11) is 0. The van der Waals surface area contributed by atoms with Crippen molar-refractivity contribution in [2.45, 2.75) is 13.0 Å². The van der Waals surface area contributed by atoms with E-state index in [1.54, 1.807) is 22.7 Å². The zero-order valence-electron chi connectivity index (χ0n) is 8.82. The molecule has 5 heteroatoms. The number of hydrogen-bond acceptors (Lipinski definition) is 4. The largest absolute Gasteiger partial charge is 0.479 e. The minimum atomic E-state index is -1.23. The van der Waals surface area contributed by atoms with Crippen molar-refractivity contribution in [1.29, 1.82) is 0 Å². The highest BCUT2D eigenvalue weighted by molar-refractivity contribution is 7.08. The van der Waals surface area contributed by atoms with Gasteiger partial charge in [-0.25, -0.2) is 4.79 Å². The van der Waals surface area contributed by atoms with Crippen molar-refractivity contribution >= 4 is 28.6 Å². The van der Waals surface area contributed by atoms with Crippen LogP contribution in [0.1, 0.15) is 6.92 Å². The van der Waals surface area contributed by atoms with Gasteiger partial charge in [0, 0.05) is 0 Å². The lowest BCUT2D eigenvalue weighted by molar-refractivity contribution is -0.145. The summed E-state index contributed by atoms with van der Waals surface area (Å²) < 4.78 is 0. The van der Waals surface area contributed by atoms with Crippen LogP contribution in [0.2, 0.25) is 0 Å². The lowest BCUT2D eigenvalue weighted by Gasteiger charge is -1.89. The molecule has 88 valence electrons. The molecular weight excluding hydrogens is 244 g/mol. The Labute approximate surface area is 103 Å². The van der Waals surface area contributed by atoms with Crippen LogP contribution in [0.3, 0.4) is 0 Å². The minimum Gasteiger partial charge on any atom is -0.479 e. The third-order valence-electron chi connectivity index (χ3n) is 1.21. The number of hydrogen-bond donors (Lipinski definition) is 2. The van der Waals surface area contributed by atoms with Crippen molar-refractivity contribution in [3.63, 3.8) is 0 Å². The Morgan fingerprint density at radius 1 is 1.00 bits per heavy atom. The lowest BCUT2D eigenvalue weighted by Crippen LogP contribution is -2.13. The summed E-state index contributed by atoms with van der Waals surface area (Å²) in [5, 5.41) is 23.9. The molecule has 0 saturated carbocycles. The van der Waals surface area contributed by atoms with E-state index in [4.69, 9.17) is 10.2 Å². The van der Waals surface area contributed by atoms with Gasteiger partial charge in [0.15, 0.2) is 0 Å². The van der Waals surface area contributed by atoms with Crippen molar-refractivity contribution in [3.8, 4) is 0 Å². The summed E-state index contributed by atoms with van der Waals surface area (Å²) in [6.07, 6.45) is -1.23. The first-order valence-electron chi connectivity index (χ1n) is 4.49. The van der Waals surface area contributed by atoms with E-state index < -0.39 is 12.1 Å². The van der Waals surface area contributed by atoms with Gasteiger partial charge in [0.1, 0.15) is 6.10 Å². The summed E-state index contributed by atoms with van der Waals surface area (Å²) >= 11 is 3.43. The number of aliphatic hydroxyl groups excluding tert-OH is 1. The molecule has 16 heavy (non-hydrogen) atoms. The molecule has 2 aromatic heterocycles. The smallest absolute Gasteiger partial charge is 0.332 e. The van der Waals surface area contributed by atoms with Crippen LogP contribution in [0.4, 0.5) is 0 Å². The zero-order valence-corrected chi connectivity index (χ0v) is 10.4. The predicted molar refractivity (Wildman–Crippen MR) is 68.0 cm³/mol. The van der Waals surface area contributed by atoms with E-state index in [0.29, 0.717) is 0 Å². The maximum absolute atomic E-state index is 9.45. The molecule has 2 aromatic rings. The van der Waals surface area contributed by atoms with Crippen LogP contribution in [0, 0.1) is 0 Å². The highest BCUT2D eigenvalue weighted by atomic mass is 32.1. The topological polar surface area (TPSA) is 57.5 Å². The highest BCUT2D eigenvalue weighted by Crippen LogP contribution is 1.92. The number of rotatable bonds is 1. The van der Waals surface area contributed by atoms with Crippen LogP contribution < -0.4 is 0 Å². The van der Waals surface area contributed by atoms with Gasteiger partial charge in [-0.1, -0.05) is 24.3 Å². The maximum atomic E-state index is 9.45. The molecule has 0 saturated heterocycles. The summed E-state index contributed by atoms with van der Waals surface area (Å²) in [4.78, 5) is 9.45. The number of aliphatic hydroxyl groups is 1. The predicted octanol–water partition coefficient (Wildman–Crippen LogP) is 2.95. The Morgan fingerprint density at radius 3 is 1.31 bits per heavy atom. The number of carboxylic acid groups (broad SMARTS) is 1. The number of carbonyl (C=O) groups is 1. The van der Waals surface area contributed by atoms with Crippen LogP contribution >= 0.6 is 22.7 Å². The molecule has 0 aliphatic heterocycles. The SMILES string of the molecule is CC(O)C(=O)O.c1ccsc1.c1ccsc1. The highest BCUT2D eigenvalue weighted by Gasteiger charge is 2.01. The number of thiophene rings is 2. The van der Waals surface area contributed by atoms with Gasteiger partial charge < -0.3 is 10.2 Å². The van der Waals surface area contributed by atoms with Gasteiger partial charge >= 0.3 is 5.97 Å². The van der Waals surface area contributed by atoms with Crippen LogP contribution in [0.15, 0.2) is 45.8 Å². The van der Waals surface area contributed by atoms with E-state index in [2.05, 4.69) is 0 Å². The Hall–Kier alpha value is -1.17. The molecule has 0 fully saturated rings. The molecule has 0 radical (unpaired) electrons. The van der Waals surface area contributed by atoms with Crippen molar-refractivity contribution in [3.05, 3.63) is 45.8 Å². The second-order valence-corrected chi connectivity index (χ2v) is 4.23. The molecule has 2 heterocycles. The van der Waals surface area contributed by atoms with Crippen LogP contribution in [-0.2, 0) is 4.79 Å². The Bertz CT molecular complexity index is 267. The summed E-state index contributed by atoms with van der Waals surface area (Å²) in [6, 6.07) is 8.07. The molecule has 2 N–H and O–H groups in total. The third kappa shape index (κ3) is 10.9. The Kier molecular flexibility index (Phi) is 9.59. The normalized spacial score (nSPS) is 10.1. The molecule has 0 spiro atoms. The first kappa shape index (κ1) is 14.8. The van der Waals surface area contributed by atoms with Crippen molar-refractivity contribution in [2.75, 3.05) is 0 Å². The fourth-order valence-electron chi connectivity index (χ4n) is 0.454. The molecule has 0 aliphatic carbocycles. The molecule has 0 bridgehead atoms. The van der Waals surface area contributed by atoms with E-state index in [1.165, 1.54) is 6.92 Å². The summed E-state index contributed by atoms with van der Waals surface area (Å²) in [6.45, 7) is 1.20. The number of aliphatic carboxylic acids is 1. The first-order valence-corrected chi connectivity index (χ1v) is 6.38. The molecule has 2 rings (SSSR count). The third-order valence-corrected chi connectivity index (χ3v) is 2.47. The Balaban J connectivity index is 0.000000211. The van der Waals surface area contributed by atoms with E-state index in [1.807, 2.05) is 45.8 Å². The summed E-state index contributed by atoms with van der Waals surface area (Å²) in [5.41, 5.74) is 0. The van der Waals surface area contributed by atoms with Gasteiger partial charge in [0.2, 0.25) is 0 Å². The van der Waals surface area contributed by atoms with E-state index in [0.717, 1.165) is 0 Å². The zero-order chi connectivity index (χ0) is 12.2. The van der Waals surface area contributed by atoms with Crippen molar-refractivity contribution < 1.29 is 15.0 Å². The lowest BCUT2D eigenvalue weighted by atomic mass is 10.4. The molecule has 0 aromatic carbocycles. The van der Waals surface area contributed by atoms with E-state index in [-0.39, 0.29) is 0 Å². The van der Waals surface area contributed by atoms with Gasteiger partial charge in [-0.15, -0.1) is 0 Å². The molecule has 1 atom stereocenters. The monoisotopic (exact) mass is 258 g/mol. The van der Waals surface area contributed by atoms with Crippen LogP contribution in [0.25, 0.3) is 0 Å². The van der Waals surface area contributed by atoms with Gasteiger partial charge in [0.25, 0.3) is 0 Å². The first-order chi connectivity index (χ1) is 7.64. The summed E-state index contributed by atoms with van der Waals surface area (Å²) in [5.74, 6) is -1.19.